The number of carbonyl (C=O) groups is 2. The van der Waals surface area contributed by atoms with Crippen molar-refractivity contribution in [2.24, 2.45) is 0 Å². The van der Waals surface area contributed by atoms with E-state index in [2.05, 4.69) is 5.32 Å². The minimum Gasteiger partial charge on any atom is -0.427 e. The first kappa shape index (κ1) is 10.0. The number of benzene rings is 1. The van der Waals surface area contributed by atoms with Crippen molar-refractivity contribution in [3.63, 3.8) is 0 Å². The van der Waals surface area contributed by atoms with E-state index in [1.165, 1.54) is 13.0 Å². The number of anilines is 2. The summed E-state index contributed by atoms with van der Waals surface area (Å²) in [5, 5.41) is 2.41. The number of amides is 1. The zero-order chi connectivity index (χ0) is 10.6. The molecule has 0 unspecified atom stereocenters. The minimum absolute atomic E-state index is 0.343. The Kier molecular flexibility index (Phi) is 3.06. The van der Waals surface area contributed by atoms with Crippen LogP contribution in [-0.4, -0.2) is 12.4 Å². The molecule has 0 spiro atoms. The van der Waals surface area contributed by atoms with Gasteiger partial charge in [0.15, 0.2) is 0 Å². The number of esters is 1. The molecule has 0 saturated heterocycles. The lowest BCUT2D eigenvalue weighted by Crippen LogP contribution is -2.03. The Morgan fingerprint density at radius 3 is 2.79 bits per heavy atom. The van der Waals surface area contributed by atoms with Gasteiger partial charge in [-0.15, -0.1) is 0 Å². The number of hydrogen-bond acceptors (Lipinski definition) is 4. The monoisotopic (exact) mass is 194 g/mol. The maximum Gasteiger partial charge on any atom is 0.308 e. The molecular weight excluding hydrogens is 184 g/mol. The fourth-order valence-electron chi connectivity index (χ4n) is 0.965. The summed E-state index contributed by atoms with van der Waals surface area (Å²) in [6.45, 7) is 1.30. The van der Waals surface area contributed by atoms with Gasteiger partial charge in [0.25, 0.3) is 0 Å². The average Bonchev–Trinajstić information content (AvgIpc) is 2.09. The Morgan fingerprint density at radius 2 is 2.29 bits per heavy atom. The van der Waals surface area contributed by atoms with Gasteiger partial charge in [-0.25, -0.2) is 0 Å². The van der Waals surface area contributed by atoms with Crippen LogP contribution >= 0.6 is 0 Å². The smallest absolute Gasteiger partial charge is 0.308 e. The maximum atomic E-state index is 10.6. The molecule has 0 radical (unpaired) electrons. The number of nitrogens with two attached hydrogens (primary N) is 1. The molecule has 74 valence electrons. The van der Waals surface area contributed by atoms with Gasteiger partial charge < -0.3 is 15.8 Å². The number of ether oxygens (including phenoxy) is 1. The first-order valence-corrected chi connectivity index (χ1v) is 3.91. The SMILES string of the molecule is CC(=O)Oc1ccc(NC=O)c(N)c1. The Bertz CT molecular complexity index is 363. The topological polar surface area (TPSA) is 81.4 Å². The quantitative estimate of drug-likeness (QED) is 0.322. The fraction of sp³-hybridized carbons (Fsp3) is 0.111. The van der Waals surface area contributed by atoms with Crippen molar-refractivity contribution >= 4 is 23.8 Å². The van der Waals surface area contributed by atoms with Crippen molar-refractivity contribution in [1.82, 2.24) is 0 Å². The summed E-state index contributed by atoms with van der Waals surface area (Å²) in [7, 11) is 0. The van der Waals surface area contributed by atoms with E-state index in [4.69, 9.17) is 10.5 Å². The molecule has 5 heteroatoms. The van der Waals surface area contributed by atoms with Crippen molar-refractivity contribution < 1.29 is 14.3 Å². The predicted octanol–water partition coefficient (Wildman–Crippen LogP) is 0.762. The van der Waals surface area contributed by atoms with Crippen LogP contribution in [0, 0.1) is 0 Å². The van der Waals surface area contributed by atoms with Gasteiger partial charge in [0.2, 0.25) is 6.41 Å². The summed E-state index contributed by atoms with van der Waals surface area (Å²) >= 11 is 0. The molecule has 0 heterocycles. The molecule has 1 aromatic rings. The molecule has 0 aromatic heterocycles. The van der Waals surface area contributed by atoms with Crippen LogP contribution in [0.2, 0.25) is 0 Å². The number of nitrogens with one attached hydrogen (secondary N) is 1. The van der Waals surface area contributed by atoms with Gasteiger partial charge in [-0.2, -0.15) is 0 Å². The number of rotatable bonds is 3. The summed E-state index contributed by atoms with van der Waals surface area (Å²) < 4.78 is 4.79. The van der Waals surface area contributed by atoms with Crippen LogP contribution in [0.1, 0.15) is 6.92 Å². The highest BCUT2D eigenvalue weighted by Gasteiger charge is 2.02. The van der Waals surface area contributed by atoms with Crippen LogP contribution in [0.25, 0.3) is 0 Å². The predicted molar refractivity (Wildman–Crippen MR) is 51.9 cm³/mol. The molecule has 1 aromatic carbocycles. The third-order valence-electron chi connectivity index (χ3n) is 1.50. The molecule has 3 N–H and O–H groups in total. The molecule has 0 aliphatic carbocycles. The van der Waals surface area contributed by atoms with Crippen molar-refractivity contribution in [1.29, 1.82) is 0 Å². The molecule has 0 atom stereocenters. The molecule has 0 aliphatic heterocycles. The first-order chi connectivity index (χ1) is 6.63. The molecular formula is C9H10N2O3. The molecule has 14 heavy (non-hydrogen) atoms. The van der Waals surface area contributed by atoms with E-state index in [1.54, 1.807) is 12.1 Å². The van der Waals surface area contributed by atoms with Gasteiger partial charge >= 0.3 is 5.97 Å². The Balaban J connectivity index is 2.88. The summed E-state index contributed by atoms with van der Waals surface area (Å²) in [5.74, 6) is -0.0630. The van der Waals surface area contributed by atoms with E-state index in [9.17, 15) is 9.59 Å². The lowest BCUT2D eigenvalue weighted by atomic mass is 10.2. The average molecular weight is 194 g/mol. The second kappa shape index (κ2) is 4.27. The van der Waals surface area contributed by atoms with Crippen molar-refractivity contribution in [2.45, 2.75) is 6.92 Å². The molecule has 0 fully saturated rings. The summed E-state index contributed by atoms with van der Waals surface area (Å²) in [6.07, 6.45) is 0.525. The Labute approximate surface area is 80.9 Å². The van der Waals surface area contributed by atoms with Crippen molar-refractivity contribution in [3.8, 4) is 5.75 Å². The van der Waals surface area contributed by atoms with Crippen LogP contribution in [0.4, 0.5) is 11.4 Å². The molecule has 0 saturated carbocycles. The van der Waals surface area contributed by atoms with E-state index < -0.39 is 5.97 Å². The van der Waals surface area contributed by atoms with Gasteiger partial charge in [-0.05, 0) is 12.1 Å². The second-order valence-electron chi connectivity index (χ2n) is 2.60. The third-order valence-corrected chi connectivity index (χ3v) is 1.50. The largest absolute Gasteiger partial charge is 0.427 e. The highest BCUT2D eigenvalue weighted by Crippen LogP contribution is 2.23. The minimum atomic E-state index is -0.416. The normalized spacial score (nSPS) is 9.21. The van der Waals surface area contributed by atoms with Crippen LogP contribution < -0.4 is 15.8 Å². The number of nitrogen functional groups attached to an aromatic ring is 1. The van der Waals surface area contributed by atoms with Crippen molar-refractivity contribution in [3.05, 3.63) is 18.2 Å². The highest BCUT2D eigenvalue weighted by atomic mass is 16.5. The number of hydrogen-bond donors (Lipinski definition) is 2. The fourth-order valence-corrected chi connectivity index (χ4v) is 0.965. The molecule has 1 rings (SSSR count). The van der Waals surface area contributed by atoms with E-state index in [-0.39, 0.29) is 0 Å². The molecule has 0 aliphatic rings. The maximum absolute atomic E-state index is 10.6. The van der Waals surface area contributed by atoms with Gasteiger partial charge in [-0.3, -0.25) is 9.59 Å². The van der Waals surface area contributed by atoms with E-state index in [1.807, 2.05) is 0 Å². The molecule has 0 bridgehead atoms. The molecule has 5 nitrogen and oxygen atoms in total. The summed E-state index contributed by atoms with van der Waals surface area (Å²) in [4.78, 5) is 20.7. The van der Waals surface area contributed by atoms with Gasteiger partial charge in [0.1, 0.15) is 5.75 Å². The van der Waals surface area contributed by atoms with E-state index in [0.717, 1.165) is 0 Å². The number of carbonyl (C=O) groups excluding carboxylic acids is 2. The Hall–Kier alpha value is -2.04. The van der Waals surface area contributed by atoms with Gasteiger partial charge in [-0.1, -0.05) is 0 Å². The van der Waals surface area contributed by atoms with Crippen LogP contribution in [0.3, 0.4) is 0 Å². The van der Waals surface area contributed by atoms with Crippen molar-refractivity contribution in [2.75, 3.05) is 11.1 Å². The summed E-state index contributed by atoms with van der Waals surface area (Å²) in [6, 6.07) is 4.57. The summed E-state index contributed by atoms with van der Waals surface area (Å²) in [5.41, 5.74) is 6.40. The lowest BCUT2D eigenvalue weighted by molar-refractivity contribution is -0.131. The van der Waals surface area contributed by atoms with Crippen LogP contribution in [-0.2, 0) is 9.59 Å². The van der Waals surface area contributed by atoms with E-state index in [0.29, 0.717) is 23.5 Å². The zero-order valence-electron chi connectivity index (χ0n) is 7.61. The second-order valence-corrected chi connectivity index (χ2v) is 2.60. The zero-order valence-corrected chi connectivity index (χ0v) is 7.61. The molecule has 1 amide bonds. The first-order valence-electron chi connectivity index (χ1n) is 3.91. The lowest BCUT2D eigenvalue weighted by Gasteiger charge is -2.06. The third kappa shape index (κ3) is 2.48. The van der Waals surface area contributed by atoms with E-state index >= 15 is 0 Å². The highest BCUT2D eigenvalue weighted by molar-refractivity contribution is 5.81. The van der Waals surface area contributed by atoms with Crippen LogP contribution in [0.15, 0.2) is 18.2 Å². The Morgan fingerprint density at radius 1 is 1.57 bits per heavy atom. The standard InChI is InChI=1S/C9H10N2O3/c1-6(13)14-7-2-3-9(11-5-12)8(10)4-7/h2-5H,10H2,1H3,(H,11,12). The van der Waals surface area contributed by atoms with Gasteiger partial charge in [0.05, 0.1) is 11.4 Å². The van der Waals surface area contributed by atoms with Gasteiger partial charge in [0, 0.05) is 13.0 Å². The van der Waals surface area contributed by atoms with Crippen LogP contribution in [0.5, 0.6) is 5.75 Å².